The predicted molar refractivity (Wildman–Crippen MR) is 213 cm³/mol. The van der Waals surface area contributed by atoms with E-state index in [0.717, 1.165) is 107 Å². The molecular weight excluding hydrogens is 655 g/mol. The van der Waals surface area contributed by atoms with Gasteiger partial charge in [-0.1, -0.05) is 92.2 Å². The Morgan fingerprint density at radius 3 is 1.68 bits per heavy atom. The van der Waals surface area contributed by atoms with Crippen molar-refractivity contribution < 1.29 is 9.59 Å². The van der Waals surface area contributed by atoms with Gasteiger partial charge in [0.1, 0.15) is 6.04 Å². The van der Waals surface area contributed by atoms with Crippen LogP contribution >= 0.6 is 0 Å². The summed E-state index contributed by atoms with van der Waals surface area (Å²) >= 11 is 0. The molecule has 0 spiro atoms. The van der Waals surface area contributed by atoms with Crippen LogP contribution in [0.15, 0.2) is 101 Å². The van der Waals surface area contributed by atoms with E-state index in [-0.39, 0.29) is 29.4 Å². The molecule has 2 amide bonds. The van der Waals surface area contributed by atoms with Gasteiger partial charge >= 0.3 is 0 Å². The average molecular weight is 706 g/mol. The molecule has 0 bridgehead atoms. The van der Waals surface area contributed by atoms with E-state index in [4.69, 9.17) is 9.98 Å². The Morgan fingerprint density at radius 2 is 1.13 bits per heavy atom. The second-order valence-electron chi connectivity index (χ2n) is 16.4. The summed E-state index contributed by atoms with van der Waals surface area (Å²) in [7, 11) is 0. The summed E-state index contributed by atoms with van der Waals surface area (Å²) in [4.78, 5) is 44.0. The Balaban J connectivity index is 0.820. The molecule has 5 aliphatic heterocycles. The summed E-state index contributed by atoms with van der Waals surface area (Å²) in [5.41, 5.74) is 10.4. The smallest absolute Gasteiger partial charge is 0.245 e. The largest absolute Gasteiger partial charge is 0.334 e. The van der Waals surface area contributed by atoms with Gasteiger partial charge in [0.2, 0.25) is 11.8 Å². The fourth-order valence-corrected chi connectivity index (χ4v) is 9.37. The number of carbonyl (C=O) groups excluding carboxylic acids is 2. The number of piperidine rings is 1. The Kier molecular flexibility index (Phi) is 9.23. The molecule has 5 heterocycles. The van der Waals surface area contributed by atoms with Crippen LogP contribution in [0.5, 0.6) is 0 Å². The lowest BCUT2D eigenvalue weighted by Crippen LogP contribution is -2.48. The molecule has 7 nitrogen and oxygen atoms in total. The highest BCUT2D eigenvalue weighted by Gasteiger charge is 2.50. The highest BCUT2D eigenvalue weighted by Crippen LogP contribution is 2.48. The molecule has 53 heavy (non-hydrogen) atoms. The molecule has 272 valence electrons. The van der Waals surface area contributed by atoms with Gasteiger partial charge in [-0.25, -0.2) is 0 Å². The fraction of sp³-hybridized carbons (Fsp3) is 0.435. The number of aliphatic imine (C=N–C) groups is 2. The topological polar surface area (TPSA) is 68.6 Å². The molecule has 1 saturated carbocycles. The standard InChI is InChI=1S/C46H51N5O2/c1-46(22-23-46)45(53)51-27-9-13-42(51)40-29-38(31-48-40)35-20-16-33(17-21-35)32-14-18-34(19-15-32)37-28-39(47-30-37)41-12-8-26-50(41)44(52)43(36-10-4-2-5-11-36)49-24-6-3-7-25-49/h2,4-5,10-11,14-21,30-31,41-43H,3,6-9,12-13,22-29H2,1H3/t41-,42-,43+/m0/s1. The van der Waals surface area contributed by atoms with Crippen LogP contribution in [0.2, 0.25) is 0 Å². The number of likely N-dealkylation sites (tertiary alicyclic amines) is 3. The predicted octanol–water partition coefficient (Wildman–Crippen LogP) is 8.73. The molecule has 9 rings (SSSR count). The molecule has 6 aliphatic rings. The van der Waals surface area contributed by atoms with Crippen LogP contribution in [0, 0.1) is 5.41 Å². The van der Waals surface area contributed by atoms with Crippen molar-refractivity contribution in [3.8, 4) is 11.1 Å². The van der Waals surface area contributed by atoms with Crippen molar-refractivity contribution in [1.82, 2.24) is 14.7 Å². The summed E-state index contributed by atoms with van der Waals surface area (Å²) in [6.07, 6.45) is 15.3. The summed E-state index contributed by atoms with van der Waals surface area (Å²) in [6, 6.07) is 28.1. The maximum atomic E-state index is 14.4. The number of nitrogens with zero attached hydrogens (tertiary/aromatic N) is 5. The molecule has 3 aromatic rings. The van der Waals surface area contributed by atoms with Gasteiger partial charge in [-0.3, -0.25) is 24.5 Å². The van der Waals surface area contributed by atoms with Crippen molar-refractivity contribution >= 4 is 34.4 Å². The molecule has 0 radical (unpaired) electrons. The van der Waals surface area contributed by atoms with E-state index >= 15 is 0 Å². The molecule has 0 N–H and O–H groups in total. The zero-order valence-electron chi connectivity index (χ0n) is 31.1. The monoisotopic (exact) mass is 705 g/mol. The Morgan fingerprint density at radius 1 is 0.623 bits per heavy atom. The van der Waals surface area contributed by atoms with Gasteiger partial charge in [0.05, 0.1) is 12.1 Å². The minimum Gasteiger partial charge on any atom is -0.334 e. The van der Waals surface area contributed by atoms with Crippen LogP contribution in [0.3, 0.4) is 0 Å². The second-order valence-corrected chi connectivity index (χ2v) is 16.4. The Bertz CT molecular complexity index is 1980. The summed E-state index contributed by atoms with van der Waals surface area (Å²) < 4.78 is 0. The molecule has 0 aromatic heterocycles. The van der Waals surface area contributed by atoms with Gasteiger partial charge in [0, 0.05) is 55.2 Å². The maximum absolute atomic E-state index is 14.4. The summed E-state index contributed by atoms with van der Waals surface area (Å²) in [5, 5.41) is 0. The first kappa shape index (κ1) is 34.2. The third-order valence-electron chi connectivity index (χ3n) is 12.8. The number of carbonyl (C=O) groups is 2. The fourth-order valence-electron chi connectivity index (χ4n) is 9.37. The second kappa shape index (κ2) is 14.3. The van der Waals surface area contributed by atoms with Crippen molar-refractivity contribution in [2.45, 2.75) is 95.7 Å². The molecule has 0 unspecified atom stereocenters. The highest BCUT2D eigenvalue weighted by atomic mass is 16.2. The maximum Gasteiger partial charge on any atom is 0.245 e. The zero-order chi connectivity index (χ0) is 35.9. The molecule has 1 aliphatic carbocycles. The average Bonchev–Trinajstić information content (AvgIpc) is 3.81. The molecular formula is C46H51N5O2. The Labute approximate surface area is 314 Å². The van der Waals surface area contributed by atoms with E-state index in [9.17, 15) is 9.59 Å². The normalized spacial score (nSPS) is 24.5. The first-order chi connectivity index (χ1) is 25.9. The van der Waals surface area contributed by atoms with Crippen LogP contribution in [0.4, 0.5) is 0 Å². The molecule has 4 fully saturated rings. The first-order valence-corrected chi connectivity index (χ1v) is 20.1. The number of benzene rings is 3. The minimum atomic E-state index is -0.218. The van der Waals surface area contributed by atoms with E-state index in [1.807, 2.05) is 18.5 Å². The van der Waals surface area contributed by atoms with Crippen molar-refractivity contribution in [3.63, 3.8) is 0 Å². The molecule has 3 saturated heterocycles. The summed E-state index contributed by atoms with van der Waals surface area (Å²) in [6.45, 7) is 5.73. The number of hydrogen-bond donors (Lipinski definition) is 0. The Hall–Kier alpha value is -4.62. The number of rotatable bonds is 9. The van der Waals surface area contributed by atoms with Gasteiger partial charge in [-0.05, 0) is 103 Å². The third kappa shape index (κ3) is 6.73. The van der Waals surface area contributed by atoms with E-state index in [1.54, 1.807) is 0 Å². The van der Waals surface area contributed by atoms with Gasteiger partial charge in [0.15, 0.2) is 0 Å². The van der Waals surface area contributed by atoms with Gasteiger partial charge in [-0.15, -0.1) is 0 Å². The quantitative estimate of drug-likeness (QED) is 0.224. The van der Waals surface area contributed by atoms with Crippen LogP contribution in [-0.2, 0) is 9.59 Å². The lowest BCUT2D eigenvalue weighted by molar-refractivity contribution is -0.137. The summed E-state index contributed by atoms with van der Waals surface area (Å²) in [5.74, 6) is 0.566. The van der Waals surface area contributed by atoms with Crippen LogP contribution in [0.25, 0.3) is 22.3 Å². The lowest BCUT2D eigenvalue weighted by atomic mass is 9.94. The van der Waals surface area contributed by atoms with Crippen LogP contribution in [0.1, 0.15) is 100 Å². The van der Waals surface area contributed by atoms with E-state index in [0.29, 0.717) is 5.91 Å². The van der Waals surface area contributed by atoms with Crippen molar-refractivity contribution in [3.05, 3.63) is 108 Å². The number of hydrogen-bond acceptors (Lipinski definition) is 5. The van der Waals surface area contributed by atoms with Gasteiger partial charge in [-0.2, -0.15) is 0 Å². The number of allylic oxidation sites excluding steroid dienone is 2. The molecule has 3 aromatic carbocycles. The van der Waals surface area contributed by atoms with E-state index in [2.05, 4.69) is 94.4 Å². The third-order valence-corrected chi connectivity index (χ3v) is 12.8. The molecule has 7 heteroatoms. The highest BCUT2D eigenvalue weighted by molar-refractivity contribution is 6.05. The lowest BCUT2D eigenvalue weighted by Gasteiger charge is -2.37. The van der Waals surface area contributed by atoms with Crippen molar-refractivity contribution in [1.29, 1.82) is 0 Å². The molecule has 3 atom stereocenters. The zero-order valence-corrected chi connectivity index (χ0v) is 31.1. The van der Waals surface area contributed by atoms with E-state index in [1.165, 1.54) is 39.8 Å². The SMILES string of the molecule is CC1(C(=O)N2CCC[C@H]2C2=NC=C(c3ccc(-c4ccc(C5=CN=C([C@@H]6CCCN6C(=O)[C@@H](c6ccccc6)N6CCCCC6)C5)cc4)cc3)C2)CC1. The van der Waals surface area contributed by atoms with E-state index < -0.39 is 0 Å². The van der Waals surface area contributed by atoms with Crippen molar-refractivity contribution in [2.24, 2.45) is 15.4 Å². The van der Waals surface area contributed by atoms with Crippen LogP contribution in [-0.4, -0.2) is 76.2 Å². The first-order valence-electron chi connectivity index (χ1n) is 20.1. The minimum absolute atomic E-state index is 0.0623. The van der Waals surface area contributed by atoms with Gasteiger partial charge < -0.3 is 9.80 Å². The van der Waals surface area contributed by atoms with Gasteiger partial charge in [0.25, 0.3) is 0 Å². The number of amides is 2. The van der Waals surface area contributed by atoms with Crippen LogP contribution < -0.4 is 0 Å². The van der Waals surface area contributed by atoms with Crippen molar-refractivity contribution in [2.75, 3.05) is 26.2 Å².